The van der Waals surface area contributed by atoms with Gasteiger partial charge in [-0.25, -0.2) is 0 Å². The molecule has 0 aliphatic carbocycles. The molecule has 0 unspecified atom stereocenters. The monoisotopic (exact) mass is 343 g/mol. The van der Waals surface area contributed by atoms with Crippen molar-refractivity contribution in [3.63, 3.8) is 0 Å². The molecule has 0 aromatic heterocycles. The lowest BCUT2D eigenvalue weighted by Gasteiger charge is -2.28. The molecule has 1 aliphatic rings. The highest BCUT2D eigenvalue weighted by atomic mass is 35.5. The van der Waals surface area contributed by atoms with Crippen LogP contribution in [0.3, 0.4) is 0 Å². The minimum absolute atomic E-state index is 0. The maximum atomic E-state index is 11.4. The van der Waals surface area contributed by atoms with E-state index < -0.39 is 5.60 Å². The summed E-state index contributed by atoms with van der Waals surface area (Å²) in [5.74, 6) is 0. The van der Waals surface area contributed by atoms with E-state index in [1.54, 1.807) is 0 Å². The smallest absolute Gasteiger partial charge is 0.133 e. The molecule has 0 radical (unpaired) electrons. The zero-order valence-electron chi connectivity index (χ0n) is 14.0. The summed E-state index contributed by atoms with van der Waals surface area (Å²) < 4.78 is 0. The van der Waals surface area contributed by atoms with Crippen LogP contribution >= 0.6 is 12.4 Å². The van der Waals surface area contributed by atoms with Crippen LogP contribution in [0.15, 0.2) is 72.8 Å². The first-order chi connectivity index (χ1) is 11.3. The molecule has 3 heteroatoms. The summed E-state index contributed by atoms with van der Waals surface area (Å²) in [7, 11) is 0. The van der Waals surface area contributed by atoms with E-state index in [0.717, 1.165) is 17.7 Å². The van der Waals surface area contributed by atoms with E-state index in [2.05, 4.69) is 11.0 Å². The summed E-state index contributed by atoms with van der Waals surface area (Å²) >= 11 is 0. The van der Waals surface area contributed by atoms with Crippen molar-refractivity contribution in [1.82, 2.24) is 4.90 Å². The lowest BCUT2D eigenvalue weighted by atomic mass is 9.86. The van der Waals surface area contributed by atoms with E-state index in [4.69, 9.17) is 0 Å². The second kappa shape index (κ2) is 9.03. The summed E-state index contributed by atoms with van der Waals surface area (Å²) in [5.41, 5.74) is 0.736. The summed E-state index contributed by atoms with van der Waals surface area (Å²) in [6, 6.07) is 19.8. The molecular weight excluding hydrogens is 318 g/mol. The van der Waals surface area contributed by atoms with Gasteiger partial charge < -0.3 is 5.11 Å². The Morgan fingerprint density at radius 2 is 1.33 bits per heavy atom. The predicted molar refractivity (Wildman–Crippen MR) is 103 cm³/mol. The Kier molecular flexibility index (Phi) is 7.04. The predicted octanol–water partition coefficient (Wildman–Crippen LogP) is 4.39. The third-order valence-electron chi connectivity index (χ3n) is 4.60. The van der Waals surface area contributed by atoms with Crippen molar-refractivity contribution in [3.8, 4) is 0 Å². The molecule has 1 N–H and O–H groups in total. The Balaban J connectivity index is 0.00000208. The van der Waals surface area contributed by atoms with E-state index in [1.807, 2.05) is 66.7 Å². The fourth-order valence-corrected chi connectivity index (χ4v) is 3.26. The lowest BCUT2D eigenvalue weighted by Crippen LogP contribution is -2.30. The zero-order chi connectivity index (χ0) is 16.0. The summed E-state index contributed by atoms with van der Waals surface area (Å²) in [6.07, 6.45) is 7.99. The molecule has 0 saturated carbocycles. The van der Waals surface area contributed by atoms with E-state index >= 15 is 0 Å². The van der Waals surface area contributed by atoms with Crippen LogP contribution in [0.25, 0.3) is 0 Å². The number of piperidine rings is 1. The number of rotatable bonds is 5. The van der Waals surface area contributed by atoms with Crippen LogP contribution in [0.2, 0.25) is 0 Å². The molecule has 0 atom stereocenters. The van der Waals surface area contributed by atoms with Gasteiger partial charge in [0.15, 0.2) is 0 Å². The van der Waals surface area contributed by atoms with Crippen molar-refractivity contribution >= 4 is 12.4 Å². The molecule has 1 saturated heterocycles. The number of benzene rings is 2. The molecular formula is C21H26ClNO. The minimum Gasteiger partial charge on any atom is -0.377 e. The van der Waals surface area contributed by atoms with Crippen molar-refractivity contribution in [1.29, 1.82) is 0 Å². The Morgan fingerprint density at radius 1 is 0.833 bits per heavy atom. The molecule has 1 aliphatic heterocycles. The van der Waals surface area contributed by atoms with Crippen molar-refractivity contribution in [2.45, 2.75) is 24.9 Å². The fourth-order valence-electron chi connectivity index (χ4n) is 3.26. The number of nitrogens with zero attached hydrogens (tertiary/aromatic N) is 1. The van der Waals surface area contributed by atoms with Crippen molar-refractivity contribution in [2.75, 3.05) is 19.6 Å². The van der Waals surface area contributed by atoms with Gasteiger partial charge in [0, 0.05) is 6.54 Å². The largest absolute Gasteiger partial charge is 0.377 e. The van der Waals surface area contributed by atoms with Gasteiger partial charge in [0.1, 0.15) is 5.60 Å². The van der Waals surface area contributed by atoms with Gasteiger partial charge in [-0.2, -0.15) is 0 Å². The Labute approximate surface area is 151 Å². The molecule has 24 heavy (non-hydrogen) atoms. The second-order valence-electron chi connectivity index (χ2n) is 6.26. The van der Waals surface area contributed by atoms with Crippen molar-refractivity contribution < 1.29 is 5.11 Å². The number of hydrogen-bond donors (Lipinski definition) is 1. The zero-order valence-corrected chi connectivity index (χ0v) is 14.8. The average molecular weight is 344 g/mol. The first-order valence-electron chi connectivity index (χ1n) is 8.52. The topological polar surface area (TPSA) is 23.5 Å². The van der Waals surface area contributed by atoms with Crippen LogP contribution in [0.1, 0.15) is 30.4 Å². The molecule has 1 heterocycles. The molecule has 2 aromatic carbocycles. The lowest BCUT2D eigenvalue weighted by molar-refractivity contribution is 0.133. The van der Waals surface area contributed by atoms with Gasteiger partial charge in [-0.05, 0) is 43.1 Å². The fraction of sp³-hybridized carbons (Fsp3) is 0.333. The van der Waals surface area contributed by atoms with Crippen LogP contribution in [0, 0.1) is 0 Å². The molecule has 128 valence electrons. The highest BCUT2D eigenvalue weighted by Gasteiger charge is 2.28. The van der Waals surface area contributed by atoms with Crippen molar-refractivity contribution in [3.05, 3.63) is 83.9 Å². The molecule has 0 spiro atoms. The third-order valence-corrected chi connectivity index (χ3v) is 4.60. The van der Waals surface area contributed by atoms with Gasteiger partial charge >= 0.3 is 0 Å². The summed E-state index contributed by atoms with van der Waals surface area (Å²) in [4.78, 5) is 2.45. The van der Waals surface area contributed by atoms with E-state index in [0.29, 0.717) is 0 Å². The number of hydrogen-bond acceptors (Lipinski definition) is 2. The molecule has 2 nitrogen and oxygen atoms in total. The van der Waals surface area contributed by atoms with Crippen LogP contribution in [0.5, 0.6) is 0 Å². The maximum absolute atomic E-state index is 11.4. The number of aliphatic hydroxyl groups is 1. The summed E-state index contributed by atoms with van der Waals surface area (Å²) in [6.45, 7) is 3.24. The quantitative estimate of drug-likeness (QED) is 0.814. The van der Waals surface area contributed by atoms with Gasteiger partial charge in [0.25, 0.3) is 0 Å². The molecule has 2 aromatic rings. The average Bonchev–Trinajstić information content (AvgIpc) is 2.64. The van der Waals surface area contributed by atoms with Gasteiger partial charge in [-0.3, -0.25) is 4.90 Å². The summed E-state index contributed by atoms with van der Waals surface area (Å²) in [5, 5.41) is 11.4. The Bertz CT molecular complexity index is 581. The van der Waals surface area contributed by atoms with E-state index in [-0.39, 0.29) is 12.4 Å². The van der Waals surface area contributed by atoms with Crippen LogP contribution < -0.4 is 0 Å². The number of likely N-dealkylation sites (tertiary alicyclic amines) is 1. The first-order valence-corrected chi connectivity index (χ1v) is 8.52. The van der Waals surface area contributed by atoms with Crippen LogP contribution in [-0.4, -0.2) is 29.6 Å². The standard InChI is InChI=1S/C21H25NO.ClH/c23-21(19-11-4-1-5-12-19,20-13-6-2-7-14-20)15-10-18-22-16-8-3-9-17-22;/h1-2,4-7,10-15,23H,3,8-9,16-18H2;1H/b15-10+;. The number of halogens is 1. The van der Waals surface area contributed by atoms with Crippen LogP contribution in [-0.2, 0) is 5.60 Å². The SMILES string of the molecule is Cl.OC(/C=C/CN1CCCCC1)(c1ccccc1)c1ccccc1. The van der Waals surface area contributed by atoms with E-state index in [1.165, 1.54) is 32.4 Å². The van der Waals surface area contributed by atoms with Crippen LogP contribution in [0.4, 0.5) is 0 Å². The Morgan fingerprint density at radius 3 is 1.83 bits per heavy atom. The third kappa shape index (κ3) is 4.47. The highest BCUT2D eigenvalue weighted by Crippen LogP contribution is 2.31. The maximum Gasteiger partial charge on any atom is 0.133 e. The molecule has 1 fully saturated rings. The minimum atomic E-state index is -1.07. The van der Waals surface area contributed by atoms with Crippen molar-refractivity contribution in [2.24, 2.45) is 0 Å². The first kappa shape index (κ1) is 18.7. The second-order valence-corrected chi connectivity index (χ2v) is 6.26. The van der Waals surface area contributed by atoms with Gasteiger partial charge in [0.2, 0.25) is 0 Å². The highest BCUT2D eigenvalue weighted by molar-refractivity contribution is 5.85. The normalized spacial score (nSPS) is 16.0. The molecule has 3 rings (SSSR count). The van der Waals surface area contributed by atoms with E-state index in [9.17, 15) is 5.11 Å². The van der Waals surface area contributed by atoms with Gasteiger partial charge in [-0.15, -0.1) is 12.4 Å². The van der Waals surface area contributed by atoms with Gasteiger partial charge in [0.05, 0.1) is 0 Å². The Hall–Kier alpha value is -1.61. The van der Waals surface area contributed by atoms with Gasteiger partial charge in [-0.1, -0.05) is 73.2 Å². The molecule has 0 amide bonds. The molecule has 0 bridgehead atoms.